The van der Waals surface area contributed by atoms with E-state index in [0.717, 1.165) is 5.69 Å². The number of carbonyl (C=O) groups excluding carboxylic acids is 1. The molecule has 98 valence electrons. The Morgan fingerprint density at radius 3 is 2.89 bits per heavy atom. The number of nitrogens with two attached hydrogens (primary N) is 1. The number of rotatable bonds is 3. The Hall–Kier alpha value is -1.39. The second-order valence-corrected chi connectivity index (χ2v) is 5.23. The van der Waals surface area contributed by atoms with Gasteiger partial charge in [0.1, 0.15) is 0 Å². The minimum atomic E-state index is -0.164. The lowest BCUT2D eigenvalue weighted by Gasteiger charge is -2.13. The van der Waals surface area contributed by atoms with Crippen molar-refractivity contribution in [3.05, 3.63) is 29.8 Å². The van der Waals surface area contributed by atoms with Crippen molar-refractivity contribution >= 4 is 11.6 Å². The van der Waals surface area contributed by atoms with Gasteiger partial charge in [-0.1, -0.05) is 26.0 Å². The van der Waals surface area contributed by atoms with Crippen molar-refractivity contribution in [2.45, 2.75) is 38.3 Å². The van der Waals surface area contributed by atoms with Gasteiger partial charge in [-0.2, -0.15) is 0 Å². The summed E-state index contributed by atoms with van der Waals surface area (Å²) in [4.78, 5) is 12.0. The smallest absolute Gasteiger partial charge is 0.241 e. The highest BCUT2D eigenvalue weighted by atomic mass is 16.2. The highest BCUT2D eigenvalue weighted by Crippen LogP contribution is 2.19. The third-order valence-corrected chi connectivity index (χ3v) is 3.30. The average Bonchev–Trinajstić information content (AvgIpc) is 2.76. The van der Waals surface area contributed by atoms with Gasteiger partial charge in [-0.05, 0) is 30.0 Å². The molecule has 2 unspecified atom stereocenters. The molecule has 0 radical (unpaired) electrons. The Labute approximate surface area is 108 Å². The van der Waals surface area contributed by atoms with Crippen LogP contribution < -0.4 is 16.4 Å². The van der Waals surface area contributed by atoms with Crippen LogP contribution in [-0.4, -0.2) is 24.5 Å². The quantitative estimate of drug-likeness (QED) is 0.757. The van der Waals surface area contributed by atoms with E-state index in [4.69, 9.17) is 5.73 Å². The molecule has 2 atom stereocenters. The maximum absolute atomic E-state index is 12.0. The van der Waals surface area contributed by atoms with Crippen LogP contribution in [0.5, 0.6) is 0 Å². The number of benzene rings is 1. The Morgan fingerprint density at radius 1 is 1.50 bits per heavy atom. The first-order chi connectivity index (χ1) is 8.56. The van der Waals surface area contributed by atoms with Crippen molar-refractivity contribution < 1.29 is 4.79 Å². The molecular formula is C14H21N3O. The minimum Gasteiger partial charge on any atom is -0.326 e. The molecule has 4 N–H and O–H groups in total. The number of hydrogen-bond acceptors (Lipinski definition) is 3. The van der Waals surface area contributed by atoms with Crippen molar-refractivity contribution in [3.8, 4) is 0 Å². The summed E-state index contributed by atoms with van der Waals surface area (Å²) in [6.45, 7) is 4.99. The van der Waals surface area contributed by atoms with Gasteiger partial charge < -0.3 is 16.4 Å². The zero-order chi connectivity index (χ0) is 13.1. The molecule has 0 spiro atoms. The Morgan fingerprint density at radius 2 is 2.28 bits per heavy atom. The van der Waals surface area contributed by atoms with E-state index < -0.39 is 0 Å². The molecule has 1 fully saturated rings. The fraction of sp³-hybridized carbons (Fsp3) is 0.500. The first-order valence-electron chi connectivity index (χ1n) is 6.46. The molecule has 1 aliphatic heterocycles. The highest BCUT2D eigenvalue weighted by molar-refractivity contribution is 5.95. The van der Waals surface area contributed by atoms with Gasteiger partial charge in [0.25, 0.3) is 0 Å². The molecule has 1 heterocycles. The molecule has 0 bridgehead atoms. The number of amides is 1. The van der Waals surface area contributed by atoms with E-state index in [0.29, 0.717) is 18.9 Å². The van der Waals surface area contributed by atoms with E-state index >= 15 is 0 Å². The number of anilines is 1. The van der Waals surface area contributed by atoms with Gasteiger partial charge in [0, 0.05) is 18.3 Å². The van der Waals surface area contributed by atoms with Crippen LogP contribution in [0.15, 0.2) is 24.3 Å². The number of nitrogens with one attached hydrogen (secondary N) is 2. The van der Waals surface area contributed by atoms with Crippen LogP contribution in [0.25, 0.3) is 0 Å². The highest BCUT2D eigenvalue weighted by Gasteiger charge is 2.27. The molecule has 1 amide bonds. The van der Waals surface area contributed by atoms with Crippen LogP contribution in [-0.2, 0) is 4.79 Å². The van der Waals surface area contributed by atoms with Crippen LogP contribution in [0.1, 0.15) is 31.7 Å². The molecule has 1 aliphatic rings. The van der Waals surface area contributed by atoms with Crippen LogP contribution in [0, 0.1) is 0 Å². The van der Waals surface area contributed by atoms with E-state index in [1.54, 1.807) is 0 Å². The Kier molecular flexibility index (Phi) is 3.99. The molecule has 18 heavy (non-hydrogen) atoms. The van der Waals surface area contributed by atoms with Crippen molar-refractivity contribution in [1.29, 1.82) is 0 Å². The summed E-state index contributed by atoms with van der Waals surface area (Å²) >= 11 is 0. The van der Waals surface area contributed by atoms with Crippen LogP contribution >= 0.6 is 0 Å². The van der Waals surface area contributed by atoms with E-state index in [2.05, 4.69) is 30.5 Å². The van der Waals surface area contributed by atoms with Gasteiger partial charge in [0.05, 0.1) is 6.04 Å². The summed E-state index contributed by atoms with van der Waals surface area (Å²) in [6, 6.07) is 7.91. The minimum absolute atomic E-state index is 0.00357. The summed E-state index contributed by atoms with van der Waals surface area (Å²) in [5.74, 6) is 0.462. The molecule has 0 aromatic heterocycles. The second kappa shape index (κ2) is 5.50. The lowest BCUT2D eigenvalue weighted by Crippen LogP contribution is -2.35. The molecule has 4 heteroatoms. The summed E-state index contributed by atoms with van der Waals surface area (Å²) in [6.07, 6.45) is 0.704. The van der Waals surface area contributed by atoms with Crippen molar-refractivity contribution in [1.82, 2.24) is 5.32 Å². The molecule has 4 nitrogen and oxygen atoms in total. The zero-order valence-electron chi connectivity index (χ0n) is 10.9. The standard InChI is InChI=1S/C14H21N3O/c1-9(2)10-4-3-5-12(6-10)17-14(18)13-7-11(15)8-16-13/h3-6,9,11,13,16H,7-8,15H2,1-2H3,(H,17,18). The second-order valence-electron chi connectivity index (χ2n) is 5.23. The van der Waals surface area contributed by atoms with Gasteiger partial charge in [-0.15, -0.1) is 0 Å². The monoisotopic (exact) mass is 247 g/mol. The van der Waals surface area contributed by atoms with Gasteiger partial charge in [-0.25, -0.2) is 0 Å². The molecule has 1 saturated heterocycles. The molecule has 2 rings (SSSR count). The summed E-state index contributed by atoms with van der Waals surface area (Å²) < 4.78 is 0. The molecule has 0 aliphatic carbocycles. The van der Waals surface area contributed by atoms with E-state index in [1.807, 2.05) is 18.2 Å². The van der Waals surface area contributed by atoms with Crippen LogP contribution in [0.4, 0.5) is 5.69 Å². The number of carbonyl (C=O) groups is 1. The van der Waals surface area contributed by atoms with E-state index in [1.165, 1.54) is 5.56 Å². The predicted molar refractivity (Wildman–Crippen MR) is 73.5 cm³/mol. The number of hydrogen-bond donors (Lipinski definition) is 3. The summed E-state index contributed by atoms with van der Waals surface area (Å²) in [7, 11) is 0. The molecular weight excluding hydrogens is 226 g/mol. The van der Waals surface area contributed by atoms with Crippen molar-refractivity contribution in [2.24, 2.45) is 5.73 Å². The van der Waals surface area contributed by atoms with Crippen LogP contribution in [0.3, 0.4) is 0 Å². The Bertz CT molecular complexity index is 431. The average molecular weight is 247 g/mol. The third kappa shape index (κ3) is 3.09. The van der Waals surface area contributed by atoms with Gasteiger partial charge in [0.2, 0.25) is 5.91 Å². The first kappa shape index (κ1) is 13.1. The maximum atomic E-state index is 12.0. The van der Waals surface area contributed by atoms with Gasteiger partial charge in [-0.3, -0.25) is 4.79 Å². The largest absolute Gasteiger partial charge is 0.326 e. The first-order valence-corrected chi connectivity index (χ1v) is 6.46. The summed E-state index contributed by atoms with van der Waals surface area (Å²) in [5.41, 5.74) is 7.86. The molecule has 1 aromatic carbocycles. The van der Waals surface area contributed by atoms with Crippen molar-refractivity contribution in [3.63, 3.8) is 0 Å². The third-order valence-electron chi connectivity index (χ3n) is 3.30. The van der Waals surface area contributed by atoms with Crippen molar-refractivity contribution in [2.75, 3.05) is 11.9 Å². The van der Waals surface area contributed by atoms with E-state index in [-0.39, 0.29) is 18.0 Å². The van der Waals surface area contributed by atoms with E-state index in [9.17, 15) is 4.79 Å². The normalized spacial score (nSPS) is 23.3. The predicted octanol–water partition coefficient (Wildman–Crippen LogP) is 1.44. The van der Waals surface area contributed by atoms with Crippen LogP contribution in [0.2, 0.25) is 0 Å². The fourth-order valence-electron chi connectivity index (χ4n) is 2.17. The maximum Gasteiger partial charge on any atom is 0.241 e. The molecule has 0 saturated carbocycles. The lowest BCUT2D eigenvalue weighted by atomic mass is 10.0. The fourth-order valence-corrected chi connectivity index (χ4v) is 2.17. The SMILES string of the molecule is CC(C)c1cccc(NC(=O)C2CC(N)CN2)c1. The molecule has 1 aromatic rings. The Balaban J connectivity index is 2.00. The van der Waals surface area contributed by atoms with Gasteiger partial charge in [0.15, 0.2) is 0 Å². The summed E-state index contributed by atoms with van der Waals surface area (Å²) in [5, 5.41) is 6.07. The van der Waals surface area contributed by atoms with Gasteiger partial charge >= 0.3 is 0 Å². The lowest BCUT2D eigenvalue weighted by molar-refractivity contribution is -0.117. The zero-order valence-corrected chi connectivity index (χ0v) is 10.9. The topological polar surface area (TPSA) is 67.2 Å².